The first kappa shape index (κ1) is 23.6. The molecule has 1 fully saturated rings. The second kappa shape index (κ2) is 10.4. The molecule has 1 aromatic carbocycles. The van der Waals surface area contributed by atoms with E-state index >= 15 is 0 Å². The number of hydrogen-bond donors (Lipinski definition) is 2. The summed E-state index contributed by atoms with van der Waals surface area (Å²) in [6.07, 6.45) is 1.20. The lowest BCUT2D eigenvalue weighted by Gasteiger charge is -2.31. The number of amides is 1. The van der Waals surface area contributed by atoms with Gasteiger partial charge >= 0.3 is 0 Å². The van der Waals surface area contributed by atoms with Gasteiger partial charge in [-0.25, -0.2) is 8.42 Å². The number of piperidine rings is 1. The van der Waals surface area contributed by atoms with E-state index < -0.39 is 10.0 Å². The van der Waals surface area contributed by atoms with E-state index in [2.05, 4.69) is 19.2 Å². The zero-order valence-corrected chi connectivity index (χ0v) is 19.1. The second-order valence-corrected chi connectivity index (χ2v) is 9.92. The van der Waals surface area contributed by atoms with Crippen molar-refractivity contribution in [2.45, 2.75) is 45.9 Å². The molecule has 0 bridgehead atoms. The first-order valence-corrected chi connectivity index (χ1v) is 12.1. The van der Waals surface area contributed by atoms with Gasteiger partial charge in [-0.1, -0.05) is 27.7 Å². The molecule has 1 heterocycles. The number of nitrogens with zero attached hydrogens (tertiary/aromatic N) is 1. The standard InChI is InChI=1S/C21H35N3O4S/c1-6-24(7-2)29(26,27)20-12-18(9-10-19(20)28-8-3)22-21(25)15-23-13-16(4)11-17(5)14-23/h9-10,12,16-17H,6-8,11,13-15H2,1-5H3,(H,22,25)/p+1/t16-,17+. The first-order chi connectivity index (χ1) is 13.7. The molecule has 1 aromatic rings. The molecular formula is C21H36N3O4S+. The van der Waals surface area contributed by atoms with Crippen LogP contribution in [0, 0.1) is 11.8 Å². The van der Waals surface area contributed by atoms with Crippen molar-refractivity contribution in [3.63, 3.8) is 0 Å². The summed E-state index contributed by atoms with van der Waals surface area (Å²) in [5.74, 6) is 1.43. The number of carbonyl (C=O) groups excluding carboxylic acids is 1. The summed E-state index contributed by atoms with van der Waals surface area (Å²) in [7, 11) is -3.70. The van der Waals surface area contributed by atoms with Gasteiger partial charge in [-0.3, -0.25) is 4.79 Å². The van der Waals surface area contributed by atoms with Crippen LogP contribution in [0.5, 0.6) is 5.75 Å². The van der Waals surface area contributed by atoms with Crippen LogP contribution in [0.1, 0.15) is 41.0 Å². The quantitative estimate of drug-likeness (QED) is 0.629. The predicted octanol–water partition coefficient (Wildman–Crippen LogP) is 1.62. The number of hydrogen-bond acceptors (Lipinski definition) is 4. The molecule has 1 aliphatic rings. The molecule has 1 saturated heterocycles. The third-order valence-corrected chi connectivity index (χ3v) is 7.41. The van der Waals surface area contributed by atoms with E-state index in [1.165, 1.54) is 21.7 Å². The Morgan fingerprint density at radius 3 is 2.34 bits per heavy atom. The summed E-state index contributed by atoms with van der Waals surface area (Å²) in [4.78, 5) is 14.0. The van der Waals surface area contributed by atoms with Crippen LogP contribution in [-0.2, 0) is 14.8 Å². The van der Waals surface area contributed by atoms with Crippen molar-refractivity contribution < 1.29 is 22.8 Å². The molecular weight excluding hydrogens is 390 g/mol. The molecule has 1 aliphatic heterocycles. The zero-order valence-electron chi connectivity index (χ0n) is 18.3. The Hall–Kier alpha value is -1.64. The molecule has 8 heteroatoms. The molecule has 0 radical (unpaired) electrons. The van der Waals surface area contributed by atoms with Crippen LogP contribution in [0.2, 0.25) is 0 Å². The summed E-state index contributed by atoms with van der Waals surface area (Å²) < 4.78 is 33.0. The molecule has 29 heavy (non-hydrogen) atoms. The summed E-state index contributed by atoms with van der Waals surface area (Å²) in [6.45, 7) is 13.3. The Morgan fingerprint density at radius 1 is 1.17 bits per heavy atom. The van der Waals surface area contributed by atoms with Crippen molar-refractivity contribution in [3.05, 3.63) is 18.2 Å². The lowest BCUT2D eigenvalue weighted by atomic mass is 9.92. The number of rotatable bonds is 9. The van der Waals surface area contributed by atoms with Gasteiger partial charge < -0.3 is 15.0 Å². The van der Waals surface area contributed by atoms with Gasteiger partial charge in [0.1, 0.15) is 10.6 Å². The van der Waals surface area contributed by atoms with Gasteiger partial charge in [0.2, 0.25) is 10.0 Å². The average Bonchev–Trinajstić information content (AvgIpc) is 2.63. The lowest BCUT2D eigenvalue weighted by Crippen LogP contribution is -3.15. The van der Waals surface area contributed by atoms with Crippen LogP contribution in [0.15, 0.2) is 23.1 Å². The number of benzene rings is 1. The second-order valence-electron chi connectivity index (χ2n) is 8.01. The summed E-state index contributed by atoms with van der Waals surface area (Å²) in [5.41, 5.74) is 0.474. The van der Waals surface area contributed by atoms with Crippen molar-refractivity contribution in [2.75, 3.05) is 44.6 Å². The molecule has 0 spiro atoms. The largest absolute Gasteiger partial charge is 0.492 e. The Kier molecular flexibility index (Phi) is 8.48. The smallest absolute Gasteiger partial charge is 0.279 e. The minimum atomic E-state index is -3.70. The molecule has 1 amide bonds. The van der Waals surface area contributed by atoms with E-state index in [0.29, 0.717) is 49.5 Å². The molecule has 3 atom stereocenters. The Bertz CT molecular complexity index is 783. The number of likely N-dealkylation sites (tertiary alicyclic amines) is 1. The average molecular weight is 427 g/mol. The van der Waals surface area contributed by atoms with Gasteiger partial charge in [0.15, 0.2) is 6.54 Å². The molecule has 0 saturated carbocycles. The van der Waals surface area contributed by atoms with Crippen molar-refractivity contribution in [2.24, 2.45) is 11.8 Å². The van der Waals surface area contributed by atoms with Gasteiger partial charge in [-0.15, -0.1) is 0 Å². The number of sulfonamides is 1. The number of quaternary nitrogens is 1. The van der Waals surface area contributed by atoms with Crippen molar-refractivity contribution in [1.29, 1.82) is 0 Å². The fraction of sp³-hybridized carbons (Fsp3) is 0.667. The topological polar surface area (TPSA) is 80.1 Å². The van der Waals surface area contributed by atoms with Gasteiger partial charge in [0.25, 0.3) is 5.91 Å². The molecule has 2 N–H and O–H groups in total. The van der Waals surface area contributed by atoms with Gasteiger partial charge in [0.05, 0.1) is 19.7 Å². The predicted molar refractivity (Wildman–Crippen MR) is 115 cm³/mol. The molecule has 0 aromatic heterocycles. The molecule has 1 unspecified atom stereocenters. The zero-order chi connectivity index (χ0) is 21.6. The van der Waals surface area contributed by atoms with Crippen LogP contribution < -0.4 is 15.0 Å². The van der Waals surface area contributed by atoms with E-state index in [9.17, 15) is 13.2 Å². The summed E-state index contributed by atoms with van der Waals surface area (Å²) in [6, 6.07) is 4.82. The summed E-state index contributed by atoms with van der Waals surface area (Å²) in [5, 5.41) is 2.88. The number of anilines is 1. The fourth-order valence-corrected chi connectivity index (χ4v) is 5.88. The van der Waals surface area contributed by atoms with Crippen LogP contribution in [0.3, 0.4) is 0 Å². The molecule has 0 aliphatic carbocycles. The van der Waals surface area contributed by atoms with Crippen LogP contribution in [-0.4, -0.2) is 58.0 Å². The van der Waals surface area contributed by atoms with E-state index in [0.717, 1.165) is 13.1 Å². The van der Waals surface area contributed by atoms with Crippen LogP contribution in [0.4, 0.5) is 5.69 Å². The monoisotopic (exact) mass is 426 g/mol. The highest BCUT2D eigenvalue weighted by molar-refractivity contribution is 7.89. The van der Waals surface area contributed by atoms with Crippen molar-refractivity contribution in [3.8, 4) is 5.75 Å². The maximum atomic E-state index is 13.0. The Balaban J connectivity index is 2.20. The lowest BCUT2D eigenvalue weighted by molar-refractivity contribution is -0.904. The van der Waals surface area contributed by atoms with Gasteiger partial charge in [-0.2, -0.15) is 4.31 Å². The number of nitrogens with one attached hydrogen (secondary N) is 2. The number of ether oxygens (including phenoxy) is 1. The summed E-state index contributed by atoms with van der Waals surface area (Å²) >= 11 is 0. The fourth-order valence-electron chi connectivity index (χ4n) is 4.26. The van der Waals surface area contributed by atoms with Crippen LogP contribution >= 0.6 is 0 Å². The maximum Gasteiger partial charge on any atom is 0.279 e. The van der Waals surface area contributed by atoms with E-state index in [-0.39, 0.29) is 10.8 Å². The van der Waals surface area contributed by atoms with E-state index in [1.54, 1.807) is 26.0 Å². The Labute approximate surface area is 175 Å². The van der Waals surface area contributed by atoms with Gasteiger partial charge in [0, 0.05) is 30.6 Å². The minimum Gasteiger partial charge on any atom is -0.492 e. The van der Waals surface area contributed by atoms with E-state index in [4.69, 9.17) is 4.74 Å². The SMILES string of the molecule is CCOc1ccc(NC(=O)C[NH+]2C[C@H](C)C[C@H](C)C2)cc1S(=O)(=O)N(CC)CC. The maximum absolute atomic E-state index is 13.0. The highest BCUT2D eigenvalue weighted by Gasteiger charge is 2.28. The first-order valence-electron chi connectivity index (χ1n) is 10.6. The van der Waals surface area contributed by atoms with Crippen molar-refractivity contribution >= 4 is 21.6 Å². The third-order valence-electron chi connectivity index (χ3n) is 5.34. The normalized spacial score (nSPS) is 22.5. The van der Waals surface area contributed by atoms with Crippen molar-refractivity contribution in [1.82, 2.24) is 4.31 Å². The highest BCUT2D eigenvalue weighted by atomic mass is 32.2. The molecule has 164 valence electrons. The molecule has 2 rings (SSSR count). The minimum absolute atomic E-state index is 0.0911. The molecule has 7 nitrogen and oxygen atoms in total. The number of carbonyl (C=O) groups is 1. The van der Waals surface area contributed by atoms with Gasteiger partial charge in [-0.05, 0) is 31.5 Å². The van der Waals surface area contributed by atoms with Crippen LogP contribution in [0.25, 0.3) is 0 Å². The highest BCUT2D eigenvalue weighted by Crippen LogP contribution is 2.30. The van der Waals surface area contributed by atoms with E-state index in [1.807, 2.05) is 6.92 Å². The third kappa shape index (κ3) is 6.17. The Morgan fingerprint density at radius 2 is 1.79 bits per heavy atom.